The van der Waals surface area contributed by atoms with Gasteiger partial charge in [0, 0.05) is 11.8 Å². The highest BCUT2D eigenvalue weighted by atomic mass is 28.3. The van der Waals surface area contributed by atoms with Crippen LogP contribution in [0.15, 0.2) is 48.6 Å². The summed E-state index contributed by atoms with van der Waals surface area (Å²) in [5.41, 5.74) is 1.03. The molecular formula is C14H17NSi. The Morgan fingerprint density at radius 1 is 1.06 bits per heavy atom. The molecule has 0 amide bonds. The molecule has 0 aliphatic heterocycles. The molecule has 0 aliphatic rings. The molecule has 0 aliphatic carbocycles. The summed E-state index contributed by atoms with van der Waals surface area (Å²) in [5.74, 6) is 0. The Morgan fingerprint density at radius 3 is 2.50 bits per heavy atom. The minimum Gasteiger partial charge on any atom is -0.256 e. The van der Waals surface area contributed by atoms with Gasteiger partial charge in [0.25, 0.3) is 0 Å². The summed E-state index contributed by atoms with van der Waals surface area (Å²) in [7, 11) is -1.42. The zero-order valence-corrected chi connectivity index (χ0v) is 10.8. The van der Waals surface area contributed by atoms with Crippen LogP contribution < -0.4 is 5.19 Å². The van der Waals surface area contributed by atoms with Crippen molar-refractivity contribution in [3.63, 3.8) is 0 Å². The van der Waals surface area contributed by atoms with E-state index in [0.717, 1.165) is 0 Å². The summed E-state index contributed by atoms with van der Waals surface area (Å²) < 4.78 is 30.9. The van der Waals surface area contributed by atoms with Gasteiger partial charge in [0.05, 0.1) is 19.3 Å². The monoisotopic (exact) mass is 231 g/mol. The zero-order valence-electron chi connectivity index (χ0n) is 13.8. The van der Waals surface area contributed by atoms with E-state index in [1.807, 2.05) is 18.3 Å². The number of pyridine rings is 1. The molecule has 0 atom stereocenters. The van der Waals surface area contributed by atoms with E-state index in [-0.39, 0.29) is 24.2 Å². The molecule has 1 aromatic heterocycles. The predicted octanol–water partition coefficient (Wildman–Crippen LogP) is 3.29. The average Bonchev–Trinajstić information content (AvgIpc) is 2.40. The Kier molecular flexibility index (Phi) is 1.85. The second-order valence-corrected chi connectivity index (χ2v) is 9.84. The van der Waals surface area contributed by atoms with Crippen molar-refractivity contribution in [2.75, 3.05) is 0 Å². The number of benzene rings is 1. The number of hydrogen-bond acceptors (Lipinski definition) is 1. The van der Waals surface area contributed by atoms with Crippen molar-refractivity contribution in [3.8, 4) is 11.3 Å². The third kappa shape index (κ3) is 2.39. The van der Waals surface area contributed by atoms with E-state index < -0.39 is 8.07 Å². The largest absolute Gasteiger partial charge is 0.256 e. The quantitative estimate of drug-likeness (QED) is 0.723. The Hall–Kier alpha value is -1.41. The minimum atomic E-state index is -1.42. The molecule has 0 radical (unpaired) electrons. The molecule has 2 heteroatoms. The van der Waals surface area contributed by atoms with Crippen molar-refractivity contribution in [1.82, 2.24) is 4.98 Å². The highest BCUT2D eigenvalue weighted by Gasteiger charge is 2.16. The smallest absolute Gasteiger partial charge is 0.0796 e. The second-order valence-electron chi connectivity index (χ2n) is 4.76. The topological polar surface area (TPSA) is 12.9 Å². The van der Waals surface area contributed by atoms with Crippen LogP contribution in [-0.2, 0) is 0 Å². The Labute approximate surface area is 104 Å². The molecule has 0 unspecified atom stereocenters. The third-order valence-corrected chi connectivity index (χ3v) is 4.48. The summed E-state index contributed by atoms with van der Waals surface area (Å²) >= 11 is 0. The first-order valence-electron chi connectivity index (χ1n) is 7.26. The van der Waals surface area contributed by atoms with Crippen LogP contribution >= 0.6 is 0 Å². The first kappa shape index (κ1) is 7.02. The normalized spacial score (nSPS) is 14.9. The summed E-state index contributed by atoms with van der Waals surface area (Å²) in [6.07, 6.45) is 1.82. The highest BCUT2D eigenvalue weighted by Crippen LogP contribution is 2.15. The van der Waals surface area contributed by atoms with Crippen molar-refractivity contribution in [2.24, 2.45) is 0 Å². The fourth-order valence-corrected chi connectivity index (χ4v) is 2.45. The third-order valence-electron chi connectivity index (χ3n) is 2.45. The van der Waals surface area contributed by atoms with E-state index in [0.29, 0.717) is 11.3 Å². The molecule has 2 rings (SSSR count). The van der Waals surface area contributed by atoms with Gasteiger partial charge in [-0.15, -0.1) is 0 Å². The minimum absolute atomic E-state index is 0.0424. The van der Waals surface area contributed by atoms with Crippen LogP contribution in [0.3, 0.4) is 0 Å². The van der Waals surface area contributed by atoms with Crippen molar-refractivity contribution >= 4 is 13.3 Å². The van der Waals surface area contributed by atoms with E-state index in [9.17, 15) is 0 Å². The maximum Gasteiger partial charge on any atom is 0.0796 e. The second kappa shape index (κ2) is 4.22. The lowest BCUT2D eigenvalue weighted by molar-refractivity contribution is 1.34. The maximum absolute atomic E-state index is 7.92. The molecule has 0 fully saturated rings. The van der Waals surface area contributed by atoms with Crippen molar-refractivity contribution in [2.45, 2.75) is 19.6 Å². The van der Waals surface area contributed by atoms with Gasteiger partial charge in [-0.25, -0.2) is 0 Å². The molecule has 16 heavy (non-hydrogen) atoms. The molecule has 0 bridgehead atoms. The lowest BCUT2D eigenvalue weighted by Gasteiger charge is -2.16. The summed E-state index contributed by atoms with van der Waals surface area (Å²) in [5, 5.41) is 1.22. The number of nitrogens with zero attached hydrogens (tertiary/aromatic N) is 1. The van der Waals surface area contributed by atoms with Crippen LogP contribution in [0.5, 0.6) is 0 Å². The van der Waals surface area contributed by atoms with E-state index in [4.69, 9.17) is 5.48 Å². The van der Waals surface area contributed by atoms with Gasteiger partial charge in [-0.3, -0.25) is 4.98 Å². The first-order chi connectivity index (χ1) is 9.21. The van der Waals surface area contributed by atoms with Gasteiger partial charge in [0.2, 0.25) is 0 Å². The van der Waals surface area contributed by atoms with E-state index in [1.165, 1.54) is 11.3 Å². The lowest BCUT2D eigenvalue weighted by atomic mass is 10.1. The van der Waals surface area contributed by atoms with Crippen molar-refractivity contribution < 1.29 is 5.48 Å². The van der Waals surface area contributed by atoms with Gasteiger partial charge in [-0.05, 0) is 11.3 Å². The molecule has 0 N–H and O–H groups in total. The van der Waals surface area contributed by atoms with Crippen LogP contribution in [0, 0.1) is 0 Å². The van der Waals surface area contributed by atoms with Crippen molar-refractivity contribution in [1.29, 1.82) is 0 Å². The van der Waals surface area contributed by atoms with Crippen molar-refractivity contribution in [3.05, 3.63) is 48.6 Å². The zero-order chi connectivity index (χ0) is 15.1. The van der Waals surface area contributed by atoms with Gasteiger partial charge in [-0.2, -0.15) is 0 Å². The maximum atomic E-state index is 7.92. The van der Waals surface area contributed by atoms with Crippen LogP contribution in [0.25, 0.3) is 11.3 Å². The molecule has 1 aromatic carbocycles. The van der Waals surface area contributed by atoms with Crippen LogP contribution in [0.1, 0.15) is 5.48 Å². The Bertz CT molecular complexity index is 648. The summed E-state index contributed by atoms with van der Waals surface area (Å²) in [6, 6.07) is 4.77. The molecular weight excluding hydrogens is 210 g/mol. The van der Waals surface area contributed by atoms with E-state index >= 15 is 0 Å². The highest BCUT2D eigenvalue weighted by molar-refractivity contribution is 6.88. The Balaban J connectivity index is 2.53. The van der Waals surface area contributed by atoms with Gasteiger partial charge < -0.3 is 0 Å². The van der Waals surface area contributed by atoms with Gasteiger partial charge in [-0.1, -0.05) is 55.9 Å². The molecule has 2 aromatic rings. The SMILES string of the molecule is [2H]c1cc(-c2ccc([Si](C)(C)C)cn2)c([2H])c([2H])c1[2H]. The molecule has 82 valence electrons. The number of hydrogen-bond donors (Lipinski definition) is 0. The fraction of sp³-hybridized carbons (Fsp3) is 0.214. The molecule has 1 heterocycles. The number of rotatable bonds is 2. The van der Waals surface area contributed by atoms with Crippen LogP contribution in [0.4, 0.5) is 0 Å². The van der Waals surface area contributed by atoms with E-state index in [2.05, 4.69) is 24.6 Å². The summed E-state index contributed by atoms with van der Waals surface area (Å²) in [4.78, 5) is 4.37. The lowest BCUT2D eigenvalue weighted by Crippen LogP contribution is -2.37. The van der Waals surface area contributed by atoms with Crippen LogP contribution in [0.2, 0.25) is 19.6 Å². The Morgan fingerprint density at radius 2 is 1.88 bits per heavy atom. The molecule has 0 saturated heterocycles. The standard InChI is InChI=1S/C14H17NSi/c1-16(2,3)13-9-10-14(15-11-13)12-7-5-4-6-8-12/h4-11H,1-3H3/i4D,5D,6D,7D. The van der Waals surface area contributed by atoms with Gasteiger partial charge in [0.1, 0.15) is 0 Å². The van der Waals surface area contributed by atoms with E-state index in [1.54, 1.807) is 0 Å². The summed E-state index contributed by atoms with van der Waals surface area (Å²) in [6.45, 7) is 6.70. The number of aromatic nitrogens is 1. The van der Waals surface area contributed by atoms with Gasteiger partial charge in [0.15, 0.2) is 0 Å². The average molecular weight is 231 g/mol. The van der Waals surface area contributed by atoms with Gasteiger partial charge >= 0.3 is 0 Å². The van der Waals surface area contributed by atoms with Crippen LogP contribution in [-0.4, -0.2) is 13.1 Å². The molecule has 0 saturated carbocycles. The fourth-order valence-electron chi connectivity index (χ4n) is 1.41. The molecule has 1 nitrogen and oxygen atoms in total. The predicted molar refractivity (Wildman–Crippen MR) is 72.7 cm³/mol. The first-order valence-corrected chi connectivity index (χ1v) is 8.76. The molecule has 0 spiro atoms.